The summed E-state index contributed by atoms with van der Waals surface area (Å²) in [5, 5.41) is 14.1. The third-order valence-corrected chi connectivity index (χ3v) is 4.89. The topological polar surface area (TPSA) is 91.7 Å². The van der Waals surface area contributed by atoms with Gasteiger partial charge in [0, 0.05) is 25.7 Å². The van der Waals surface area contributed by atoms with E-state index in [1.807, 2.05) is 12.1 Å². The first kappa shape index (κ1) is 16.7. The van der Waals surface area contributed by atoms with Crippen LogP contribution in [0.3, 0.4) is 0 Å². The summed E-state index contributed by atoms with van der Waals surface area (Å²) in [6, 6.07) is 8.53. The van der Waals surface area contributed by atoms with Crippen LogP contribution in [0, 0.1) is 0 Å². The summed E-state index contributed by atoms with van der Waals surface area (Å²) in [5.41, 5.74) is 2.52. The van der Waals surface area contributed by atoms with Gasteiger partial charge in [0.25, 0.3) is 5.56 Å². The number of rotatable bonds is 5. The quantitative estimate of drug-likeness (QED) is 0.704. The Morgan fingerprint density at radius 1 is 1.31 bits per heavy atom. The normalized spacial score (nSPS) is 17.0. The zero-order valence-electron chi connectivity index (χ0n) is 14.0. The minimum Gasteiger partial charge on any atom is -0.367 e. The van der Waals surface area contributed by atoms with E-state index in [0.29, 0.717) is 11.7 Å². The standard InChI is InChI=1S/C17H18ClN7O/c18-16-15(8-21-23-17(16)26)24-6-5-13(9-24)20-7-12-1-3-14(4-2-12)25-11-19-10-22-25/h1-4,8,10-11,13,20H,5-7,9H2,(H,23,26). The van der Waals surface area contributed by atoms with E-state index in [2.05, 4.69) is 42.6 Å². The summed E-state index contributed by atoms with van der Waals surface area (Å²) in [6.45, 7) is 2.41. The Morgan fingerprint density at radius 2 is 2.15 bits per heavy atom. The third-order valence-electron chi connectivity index (χ3n) is 4.52. The van der Waals surface area contributed by atoms with Crippen LogP contribution in [0.15, 0.2) is 47.9 Å². The first-order chi connectivity index (χ1) is 12.7. The van der Waals surface area contributed by atoms with Gasteiger partial charge < -0.3 is 10.2 Å². The van der Waals surface area contributed by atoms with E-state index < -0.39 is 0 Å². The second-order valence-electron chi connectivity index (χ2n) is 6.22. The number of halogens is 1. The lowest BCUT2D eigenvalue weighted by Gasteiger charge is -2.19. The van der Waals surface area contributed by atoms with Gasteiger partial charge in [-0.3, -0.25) is 4.79 Å². The van der Waals surface area contributed by atoms with E-state index in [9.17, 15) is 4.79 Å². The molecule has 0 bridgehead atoms. The lowest BCUT2D eigenvalue weighted by Crippen LogP contribution is -2.32. The Hall–Kier alpha value is -2.71. The van der Waals surface area contributed by atoms with Crippen molar-refractivity contribution in [2.75, 3.05) is 18.0 Å². The van der Waals surface area contributed by atoms with Crippen LogP contribution in [0.25, 0.3) is 5.69 Å². The molecule has 1 aliphatic rings. The predicted octanol–water partition coefficient (Wildman–Crippen LogP) is 1.37. The molecule has 0 aliphatic carbocycles. The number of hydrogen-bond acceptors (Lipinski definition) is 6. The van der Waals surface area contributed by atoms with Gasteiger partial charge in [0.1, 0.15) is 17.7 Å². The van der Waals surface area contributed by atoms with Crippen molar-refractivity contribution in [2.24, 2.45) is 0 Å². The van der Waals surface area contributed by atoms with Gasteiger partial charge in [0.2, 0.25) is 0 Å². The minimum atomic E-state index is -0.354. The van der Waals surface area contributed by atoms with Gasteiger partial charge in [-0.1, -0.05) is 23.7 Å². The molecule has 26 heavy (non-hydrogen) atoms. The van der Waals surface area contributed by atoms with Crippen LogP contribution < -0.4 is 15.8 Å². The molecule has 0 amide bonds. The fourth-order valence-corrected chi connectivity index (χ4v) is 3.32. The number of aromatic amines is 1. The molecule has 1 saturated heterocycles. The molecule has 3 heterocycles. The van der Waals surface area contributed by atoms with Crippen molar-refractivity contribution in [3.63, 3.8) is 0 Å². The average molecular weight is 372 g/mol. The number of nitrogens with zero attached hydrogens (tertiary/aromatic N) is 5. The number of nitrogens with one attached hydrogen (secondary N) is 2. The zero-order chi connectivity index (χ0) is 17.9. The molecule has 2 N–H and O–H groups in total. The fraction of sp³-hybridized carbons (Fsp3) is 0.294. The zero-order valence-corrected chi connectivity index (χ0v) is 14.7. The molecular weight excluding hydrogens is 354 g/mol. The first-order valence-corrected chi connectivity index (χ1v) is 8.74. The maximum atomic E-state index is 11.6. The third kappa shape index (κ3) is 3.47. The molecule has 2 aromatic heterocycles. The van der Waals surface area contributed by atoms with Crippen LogP contribution in [0.1, 0.15) is 12.0 Å². The van der Waals surface area contributed by atoms with Crippen LogP contribution in [-0.4, -0.2) is 44.1 Å². The van der Waals surface area contributed by atoms with E-state index in [0.717, 1.165) is 31.7 Å². The maximum absolute atomic E-state index is 11.6. The number of benzene rings is 1. The van der Waals surface area contributed by atoms with Crippen LogP contribution >= 0.6 is 11.6 Å². The predicted molar refractivity (Wildman–Crippen MR) is 98.7 cm³/mol. The molecule has 134 valence electrons. The highest BCUT2D eigenvalue weighted by Crippen LogP contribution is 2.24. The highest BCUT2D eigenvalue weighted by molar-refractivity contribution is 6.33. The maximum Gasteiger partial charge on any atom is 0.285 e. The molecule has 0 saturated carbocycles. The van der Waals surface area contributed by atoms with Crippen molar-refractivity contribution in [1.29, 1.82) is 0 Å². The smallest absolute Gasteiger partial charge is 0.285 e. The second kappa shape index (κ2) is 7.27. The Kier molecular flexibility index (Phi) is 4.68. The van der Waals surface area contributed by atoms with Gasteiger partial charge in [-0.25, -0.2) is 14.8 Å². The van der Waals surface area contributed by atoms with Crippen molar-refractivity contribution in [3.8, 4) is 5.69 Å². The van der Waals surface area contributed by atoms with Crippen LogP contribution in [0.4, 0.5) is 5.69 Å². The molecule has 4 rings (SSSR count). The number of aromatic nitrogens is 5. The first-order valence-electron chi connectivity index (χ1n) is 8.36. The number of H-pyrrole nitrogens is 1. The molecular formula is C17H18ClN7O. The van der Waals surface area contributed by atoms with E-state index in [1.54, 1.807) is 17.2 Å². The van der Waals surface area contributed by atoms with Gasteiger partial charge in [0.15, 0.2) is 0 Å². The molecule has 1 fully saturated rings. The average Bonchev–Trinajstić information content (AvgIpc) is 3.35. The summed E-state index contributed by atoms with van der Waals surface area (Å²) >= 11 is 6.09. The molecule has 3 aromatic rings. The van der Waals surface area contributed by atoms with Crippen LogP contribution in [0.2, 0.25) is 5.02 Å². The van der Waals surface area contributed by atoms with Crippen molar-refractivity contribution in [2.45, 2.75) is 19.0 Å². The van der Waals surface area contributed by atoms with Gasteiger partial charge in [-0.05, 0) is 24.1 Å². The lowest BCUT2D eigenvalue weighted by atomic mass is 10.2. The fourth-order valence-electron chi connectivity index (χ4n) is 3.11. The van der Waals surface area contributed by atoms with Crippen molar-refractivity contribution < 1.29 is 0 Å². The molecule has 0 radical (unpaired) electrons. The van der Waals surface area contributed by atoms with Crippen LogP contribution in [-0.2, 0) is 6.54 Å². The molecule has 9 heteroatoms. The van der Waals surface area contributed by atoms with E-state index >= 15 is 0 Å². The number of anilines is 1. The molecule has 1 atom stereocenters. The summed E-state index contributed by atoms with van der Waals surface area (Å²) in [4.78, 5) is 17.6. The highest BCUT2D eigenvalue weighted by atomic mass is 35.5. The Balaban J connectivity index is 1.34. The van der Waals surface area contributed by atoms with E-state index in [4.69, 9.17) is 11.6 Å². The monoisotopic (exact) mass is 371 g/mol. The minimum absolute atomic E-state index is 0.198. The molecule has 0 spiro atoms. The largest absolute Gasteiger partial charge is 0.367 e. The molecule has 1 aromatic carbocycles. The summed E-state index contributed by atoms with van der Waals surface area (Å²) in [7, 11) is 0. The van der Waals surface area contributed by atoms with Gasteiger partial charge in [-0.2, -0.15) is 10.2 Å². The molecule has 8 nitrogen and oxygen atoms in total. The summed E-state index contributed by atoms with van der Waals surface area (Å²) in [5.74, 6) is 0. The SMILES string of the molecule is O=c1[nH]ncc(N2CCC(NCc3ccc(-n4cncn4)cc3)C2)c1Cl. The van der Waals surface area contributed by atoms with Crippen molar-refractivity contribution in [3.05, 3.63) is 64.1 Å². The Labute approximate surface area is 154 Å². The Morgan fingerprint density at radius 3 is 2.92 bits per heavy atom. The van der Waals surface area contributed by atoms with Crippen molar-refractivity contribution in [1.82, 2.24) is 30.3 Å². The summed E-state index contributed by atoms with van der Waals surface area (Å²) in [6.07, 6.45) is 5.79. The van der Waals surface area contributed by atoms with Gasteiger partial charge in [-0.15, -0.1) is 0 Å². The lowest BCUT2D eigenvalue weighted by molar-refractivity contribution is 0.551. The molecule has 1 unspecified atom stereocenters. The van der Waals surface area contributed by atoms with Crippen molar-refractivity contribution >= 4 is 17.3 Å². The summed E-state index contributed by atoms with van der Waals surface area (Å²) < 4.78 is 1.73. The van der Waals surface area contributed by atoms with Gasteiger partial charge in [0.05, 0.1) is 17.6 Å². The molecule has 1 aliphatic heterocycles. The van der Waals surface area contributed by atoms with E-state index in [1.165, 1.54) is 11.9 Å². The van der Waals surface area contributed by atoms with E-state index in [-0.39, 0.29) is 10.6 Å². The van der Waals surface area contributed by atoms with Crippen LogP contribution in [0.5, 0.6) is 0 Å². The Bertz CT molecular complexity index is 923. The highest BCUT2D eigenvalue weighted by Gasteiger charge is 2.24. The number of hydrogen-bond donors (Lipinski definition) is 2. The van der Waals surface area contributed by atoms with Gasteiger partial charge >= 0.3 is 0 Å². The second-order valence-corrected chi connectivity index (χ2v) is 6.60.